The van der Waals surface area contributed by atoms with E-state index in [1.165, 1.54) is 18.2 Å². The molecule has 0 saturated heterocycles. The van der Waals surface area contributed by atoms with E-state index in [1.54, 1.807) is 0 Å². The SMILES string of the molecule is CS(=O)(=O)Nc1cc(N)cc(O)c1. The molecule has 1 rings (SSSR count). The molecule has 0 amide bonds. The molecule has 0 spiro atoms. The third kappa shape index (κ3) is 3.20. The average molecular weight is 202 g/mol. The number of anilines is 2. The van der Waals surface area contributed by atoms with Gasteiger partial charge in [0.05, 0.1) is 11.9 Å². The number of phenols is 1. The fourth-order valence-electron chi connectivity index (χ4n) is 0.908. The highest BCUT2D eigenvalue weighted by molar-refractivity contribution is 7.92. The molecule has 0 aliphatic carbocycles. The second kappa shape index (κ2) is 3.14. The van der Waals surface area contributed by atoms with Gasteiger partial charge >= 0.3 is 0 Å². The molecule has 0 radical (unpaired) electrons. The van der Waals surface area contributed by atoms with Gasteiger partial charge in [-0.25, -0.2) is 8.42 Å². The Kier molecular flexibility index (Phi) is 2.33. The first-order valence-corrected chi connectivity index (χ1v) is 5.33. The molecule has 0 atom stereocenters. The Morgan fingerprint density at radius 3 is 2.46 bits per heavy atom. The zero-order valence-corrected chi connectivity index (χ0v) is 7.80. The van der Waals surface area contributed by atoms with Crippen LogP contribution in [0.4, 0.5) is 11.4 Å². The van der Waals surface area contributed by atoms with Crippen LogP contribution in [-0.4, -0.2) is 19.8 Å². The maximum Gasteiger partial charge on any atom is 0.229 e. The molecule has 1 aromatic rings. The second-order valence-electron chi connectivity index (χ2n) is 2.69. The molecule has 13 heavy (non-hydrogen) atoms. The number of nitrogen functional groups attached to an aromatic ring is 1. The minimum atomic E-state index is -3.33. The van der Waals surface area contributed by atoms with Crippen molar-refractivity contribution in [2.45, 2.75) is 0 Å². The Bertz CT molecular complexity index is 393. The molecular formula is C7H10N2O3S. The summed E-state index contributed by atoms with van der Waals surface area (Å²) in [6.07, 6.45) is 1.02. The van der Waals surface area contributed by atoms with E-state index in [0.717, 1.165) is 6.26 Å². The smallest absolute Gasteiger partial charge is 0.229 e. The van der Waals surface area contributed by atoms with Crippen LogP contribution in [0.5, 0.6) is 5.75 Å². The van der Waals surface area contributed by atoms with E-state index in [2.05, 4.69) is 4.72 Å². The van der Waals surface area contributed by atoms with Crippen LogP contribution in [0.15, 0.2) is 18.2 Å². The fraction of sp³-hybridized carbons (Fsp3) is 0.143. The Labute approximate surface area is 76.2 Å². The van der Waals surface area contributed by atoms with Gasteiger partial charge in [0.1, 0.15) is 5.75 Å². The van der Waals surface area contributed by atoms with Crippen LogP contribution in [0.1, 0.15) is 0 Å². The standard InChI is InChI=1S/C7H10N2O3S/c1-13(11,12)9-6-2-5(8)3-7(10)4-6/h2-4,9-10H,8H2,1H3. The topological polar surface area (TPSA) is 92.4 Å². The molecule has 0 saturated carbocycles. The van der Waals surface area contributed by atoms with Crippen LogP contribution >= 0.6 is 0 Å². The Morgan fingerprint density at radius 1 is 1.38 bits per heavy atom. The van der Waals surface area contributed by atoms with Gasteiger partial charge in [0.15, 0.2) is 0 Å². The van der Waals surface area contributed by atoms with Crippen molar-refractivity contribution in [3.05, 3.63) is 18.2 Å². The van der Waals surface area contributed by atoms with E-state index in [9.17, 15) is 8.42 Å². The number of benzene rings is 1. The molecular weight excluding hydrogens is 192 g/mol. The maximum absolute atomic E-state index is 10.8. The van der Waals surface area contributed by atoms with Crippen molar-refractivity contribution in [3.63, 3.8) is 0 Å². The lowest BCUT2D eigenvalue weighted by atomic mass is 10.3. The Balaban J connectivity index is 3.03. The monoisotopic (exact) mass is 202 g/mol. The number of sulfonamides is 1. The summed E-state index contributed by atoms with van der Waals surface area (Å²) in [5.74, 6) is -0.0776. The molecule has 0 heterocycles. The van der Waals surface area contributed by atoms with Crippen LogP contribution < -0.4 is 10.5 Å². The predicted molar refractivity (Wildman–Crippen MR) is 51.0 cm³/mol. The highest BCUT2D eigenvalue weighted by Gasteiger charge is 2.03. The van der Waals surface area contributed by atoms with Gasteiger partial charge in [0, 0.05) is 17.8 Å². The number of hydrogen-bond donors (Lipinski definition) is 3. The third-order valence-corrected chi connectivity index (χ3v) is 1.85. The van der Waals surface area contributed by atoms with Crippen molar-refractivity contribution >= 4 is 21.4 Å². The lowest BCUT2D eigenvalue weighted by molar-refractivity contribution is 0.476. The predicted octanol–water partition coefficient (Wildman–Crippen LogP) is 0.346. The summed E-state index contributed by atoms with van der Waals surface area (Å²) in [6, 6.07) is 4.02. The van der Waals surface area contributed by atoms with Gasteiger partial charge in [-0.3, -0.25) is 4.72 Å². The highest BCUT2D eigenvalue weighted by atomic mass is 32.2. The number of nitrogens with two attached hydrogens (primary N) is 1. The van der Waals surface area contributed by atoms with Gasteiger partial charge in [0.25, 0.3) is 0 Å². The van der Waals surface area contributed by atoms with Crippen LogP contribution in [0.2, 0.25) is 0 Å². The summed E-state index contributed by atoms with van der Waals surface area (Å²) < 4.78 is 23.8. The summed E-state index contributed by atoms with van der Waals surface area (Å²) in [5.41, 5.74) is 5.93. The second-order valence-corrected chi connectivity index (χ2v) is 4.44. The molecule has 4 N–H and O–H groups in total. The Hall–Kier alpha value is -1.43. The van der Waals surface area contributed by atoms with Gasteiger partial charge in [-0.05, 0) is 6.07 Å². The lowest BCUT2D eigenvalue weighted by Crippen LogP contribution is -2.09. The van der Waals surface area contributed by atoms with Crippen molar-refractivity contribution in [2.24, 2.45) is 0 Å². The highest BCUT2D eigenvalue weighted by Crippen LogP contribution is 2.21. The van der Waals surface area contributed by atoms with E-state index in [-0.39, 0.29) is 11.4 Å². The Morgan fingerprint density at radius 2 is 2.00 bits per heavy atom. The first-order chi connectivity index (χ1) is 5.87. The van der Waals surface area contributed by atoms with E-state index in [0.29, 0.717) is 5.69 Å². The summed E-state index contributed by atoms with van der Waals surface area (Å²) in [6.45, 7) is 0. The number of nitrogens with one attached hydrogen (secondary N) is 1. The molecule has 0 aliphatic heterocycles. The molecule has 1 aromatic carbocycles. The first kappa shape index (κ1) is 9.66. The molecule has 0 bridgehead atoms. The normalized spacial score (nSPS) is 11.2. The number of hydrogen-bond acceptors (Lipinski definition) is 4. The third-order valence-electron chi connectivity index (χ3n) is 1.24. The summed E-state index contributed by atoms with van der Waals surface area (Å²) in [5, 5.41) is 9.08. The van der Waals surface area contributed by atoms with Crippen molar-refractivity contribution in [2.75, 3.05) is 16.7 Å². The lowest BCUT2D eigenvalue weighted by Gasteiger charge is -2.04. The van der Waals surface area contributed by atoms with E-state index in [4.69, 9.17) is 10.8 Å². The molecule has 5 nitrogen and oxygen atoms in total. The maximum atomic E-state index is 10.8. The fourth-order valence-corrected chi connectivity index (χ4v) is 1.45. The molecule has 0 unspecified atom stereocenters. The van der Waals surface area contributed by atoms with Crippen molar-refractivity contribution in [3.8, 4) is 5.75 Å². The number of phenolic OH excluding ortho intramolecular Hbond substituents is 1. The molecule has 0 fully saturated rings. The van der Waals surface area contributed by atoms with E-state index in [1.807, 2.05) is 0 Å². The van der Waals surface area contributed by atoms with Crippen LogP contribution in [0.25, 0.3) is 0 Å². The van der Waals surface area contributed by atoms with Gasteiger partial charge < -0.3 is 10.8 Å². The van der Waals surface area contributed by atoms with E-state index < -0.39 is 10.0 Å². The van der Waals surface area contributed by atoms with Gasteiger partial charge in [-0.1, -0.05) is 0 Å². The number of aromatic hydroxyl groups is 1. The quantitative estimate of drug-likeness (QED) is 0.603. The van der Waals surface area contributed by atoms with Crippen molar-refractivity contribution < 1.29 is 13.5 Å². The van der Waals surface area contributed by atoms with Crippen LogP contribution in [0.3, 0.4) is 0 Å². The molecule has 0 aromatic heterocycles. The molecule has 72 valence electrons. The molecule has 0 aliphatic rings. The summed E-state index contributed by atoms with van der Waals surface area (Å²) in [7, 11) is -3.33. The minimum absolute atomic E-state index is 0.0776. The van der Waals surface area contributed by atoms with Crippen molar-refractivity contribution in [1.29, 1.82) is 0 Å². The average Bonchev–Trinajstić information content (AvgIpc) is 1.78. The van der Waals surface area contributed by atoms with Gasteiger partial charge in [-0.2, -0.15) is 0 Å². The van der Waals surface area contributed by atoms with Gasteiger partial charge in [0.2, 0.25) is 10.0 Å². The van der Waals surface area contributed by atoms with Gasteiger partial charge in [-0.15, -0.1) is 0 Å². The minimum Gasteiger partial charge on any atom is -0.508 e. The largest absolute Gasteiger partial charge is 0.508 e. The van der Waals surface area contributed by atoms with Crippen LogP contribution in [0, 0.1) is 0 Å². The van der Waals surface area contributed by atoms with Crippen LogP contribution in [-0.2, 0) is 10.0 Å². The summed E-state index contributed by atoms with van der Waals surface area (Å²) in [4.78, 5) is 0. The zero-order chi connectivity index (χ0) is 10.1. The summed E-state index contributed by atoms with van der Waals surface area (Å²) >= 11 is 0. The number of rotatable bonds is 2. The first-order valence-electron chi connectivity index (χ1n) is 3.44. The van der Waals surface area contributed by atoms with E-state index >= 15 is 0 Å². The molecule has 6 heteroatoms. The van der Waals surface area contributed by atoms with Crippen molar-refractivity contribution in [1.82, 2.24) is 0 Å². The zero-order valence-electron chi connectivity index (χ0n) is 6.98.